The number of benzene rings is 2. The average Bonchev–Trinajstić information content (AvgIpc) is 2.98. The molecule has 1 heterocycles. The quantitative estimate of drug-likeness (QED) is 0.511. The monoisotopic (exact) mass is 305 g/mol. The van der Waals surface area contributed by atoms with Gasteiger partial charge in [-0.1, -0.05) is 30.3 Å². The molecule has 0 spiro atoms. The summed E-state index contributed by atoms with van der Waals surface area (Å²) in [6.07, 6.45) is 7.07. The molecule has 3 N–H and O–H groups in total. The summed E-state index contributed by atoms with van der Waals surface area (Å²) in [4.78, 5) is 15.0. The number of H-pyrrole nitrogens is 1. The second-order valence-electron chi connectivity index (χ2n) is 4.92. The minimum absolute atomic E-state index is 0.0425. The number of hydrogen-bond acceptors (Lipinski definition) is 3. The van der Waals surface area contributed by atoms with E-state index < -0.39 is 0 Å². The number of hydrogen-bond donors (Lipinski definition) is 3. The molecule has 2 aromatic carbocycles. The van der Waals surface area contributed by atoms with Gasteiger partial charge in [0.15, 0.2) is 0 Å². The summed E-state index contributed by atoms with van der Waals surface area (Å²) in [7, 11) is 0. The van der Waals surface area contributed by atoms with Crippen molar-refractivity contribution in [2.24, 2.45) is 5.10 Å². The highest BCUT2D eigenvalue weighted by Gasteiger charge is 2.03. The Hall–Kier alpha value is -3.34. The van der Waals surface area contributed by atoms with Gasteiger partial charge in [0.1, 0.15) is 5.75 Å². The lowest BCUT2D eigenvalue weighted by Crippen LogP contribution is -2.17. The number of nitrogens with zero attached hydrogens (tertiary/aromatic N) is 1. The van der Waals surface area contributed by atoms with Gasteiger partial charge in [-0.3, -0.25) is 4.79 Å². The molecule has 1 amide bonds. The van der Waals surface area contributed by atoms with Crippen LogP contribution < -0.4 is 5.43 Å². The predicted molar refractivity (Wildman–Crippen MR) is 91.4 cm³/mol. The summed E-state index contributed by atoms with van der Waals surface area (Å²) in [6.45, 7) is 0. The molecule has 23 heavy (non-hydrogen) atoms. The molecule has 5 nitrogen and oxygen atoms in total. The van der Waals surface area contributed by atoms with Crippen molar-refractivity contribution in [1.82, 2.24) is 10.4 Å². The van der Waals surface area contributed by atoms with E-state index in [-0.39, 0.29) is 11.7 Å². The lowest BCUT2D eigenvalue weighted by atomic mass is 10.2. The third kappa shape index (κ3) is 3.47. The second-order valence-corrected chi connectivity index (χ2v) is 4.92. The van der Waals surface area contributed by atoms with Crippen molar-refractivity contribution in [3.05, 3.63) is 71.9 Å². The van der Waals surface area contributed by atoms with E-state index in [0.29, 0.717) is 5.56 Å². The number of aromatic hydroxyl groups is 1. The fraction of sp³-hybridized carbons (Fsp3) is 0. The van der Waals surface area contributed by atoms with E-state index >= 15 is 0 Å². The number of carbonyl (C=O) groups is 1. The molecule has 114 valence electrons. The Bertz CT molecular complexity index is 894. The van der Waals surface area contributed by atoms with Crippen LogP contribution in [0.25, 0.3) is 17.0 Å². The van der Waals surface area contributed by atoms with Crippen molar-refractivity contribution in [2.45, 2.75) is 0 Å². The number of aromatic amines is 1. The van der Waals surface area contributed by atoms with E-state index in [4.69, 9.17) is 0 Å². The molecule has 0 aliphatic carbocycles. The highest BCUT2D eigenvalue weighted by atomic mass is 16.3. The highest BCUT2D eigenvalue weighted by Crippen LogP contribution is 2.18. The molecule has 1 aromatic heterocycles. The Morgan fingerprint density at radius 1 is 1.17 bits per heavy atom. The average molecular weight is 305 g/mol. The zero-order chi connectivity index (χ0) is 16.1. The molecule has 3 rings (SSSR count). The number of para-hydroxylation sites is 1. The SMILES string of the molecule is O=C(N/N=C\C=C\c1c[nH]c2ccccc12)c1cccc(O)c1. The van der Waals surface area contributed by atoms with Crippen LogP contribution in [0.4, 0.5) is 0 Å². The van der Waals surface area contributed by atoms with Crippen molar-refractivity contribution in [3.8, 4) is 5.75 Å². The maximum atomic E-state index is 11.8. The Kier molecular flexibility index (Phi) is 4.20. The van der Waals surface area contributed by atoms with Gasteiger partial charge in [-0.2, -0.15) is 5.10 Å². The number of aromatic nitrogens is 1. The fourth-order valence-electron chi connectivity index (χ4n) is 2.23. The van der Waals surface area contributed by atoms with Crippen LogP contribution in [-0.4, -0.2) is 22.2 Å². The zero-order valence-electron chi connectivity index (χ0n) is 12.2. The number of allylic oxidation sites excluding steroid dienone is 1. The topological polar surface area (TPSA) is 77.5 Å². The molecular formula is C18H15N3O2. The number of amides is 1. The van der Waals surface area contributed by atoms with Crippen molar-refractivity contribution in [1.29, 1.82) is 0 Å². The predicted octanol–water partition coefficient (Wildman–Crippen LogP) is 3.30. The lowest BCUT2D eigenvalue weighted by Gasteiger charge is -1.99. The molecule has 0 fully saturated rings. The van der Waals surface area contributed by atoms with Crippen LogP contribution in [0.1, 0.15) is 15.9 Å². The second kappa shape index (κ2) is 6.62. The van der Waals surface area contributed by atoms with E-state index in [2.05, 4.69) is 15.5 Å². The number of carbonyl (C=O) groups excluding carboxylic acids is 1. The number of phenolic OH excluding ortho intramolecular Hbond substituents is 1. The first-order chi connectivity index (χ1) is 11.2. The minimum atomic E-state index is -0.377. The summed E-state index contributed by atoms with van der Waals surface area (Å²) in [6, 6.07) is 14.1. The first-order valence-corrected chi connectivity index (χ1v) is 7.09. The molecular weight excluding hydrogens is 290 g/mol. The molecule has 3 aromatic rings. The van der Waals surface area contributed by atoms with E-state index in [1.54, 1.807) is 18.2 Å². The Balaban J connectivity index is 1.62. The maximum absolute atomic E-state index is 11.8. The number of phenols is 1. The molecule has 0 bridgehead atoms. The molecule has 0 aliphatic heterocycles. The standard InChI is InChI=1S/C18H15N3O2/c22-15-7-3-5-13(11-15)18(23)21-20-10-4-6-14-12-19-17-9-2-1-8-16(14)17/h1-12,19,22H,(H,21,23)/b6-4+,20-10-. The largest absolute Gasteiger partial charge is 0.508 e. The Labute approximate surface area is 133 Å². The first-order valence-electron chi connectivity index (χ1n) is 7.09. The molecule has 0 radical (unpaired) electrons. The van der Waals surface area contributed by atoms with E-state index in [0.717, 1.165) is 16.5 Å². The van der Waals surface area contributed by atoms with Gasteiger partial charge in [-0.25, -0.2) is 5.43 Å². The van der Waals surface area contributed by atoms with Crippen molar-refractivity contribution < 1.29 is 9.90 Å². The van der Waals surface area contributed by atoms with Crippen molar-refractivity contribution >= 4 is 29.1 Å². The van der Waals surface area contributed by atoms with Crippen molar-refractivity contribution in [3.63, 3.8) is 0 Å². The lowest BCUT2D eigenvalue weighted by molar-refractivity contribution is 0.0954. The number of hydrazone groups is 1. The van der Waals surface area contributed by atoms with Gasteiger partial charge in [0, 0.05) is 28.9 Å². The van der Waals surface area contributed by atoms with Crippen LogP contribution in [0, 0.1) is 0 Å². The summed E-state index contributed by atoms with van der Waals surface area (Å²) in [5.41, 5.74) is 4.87. The van der Waals surface area contributed by atoms with Crippen LogP contribution in [0.5, 0.6) is 5.75 Å². The van der Waals surface area contributed by atoms with Gasteiger partial charge < -0.3 is 10.1 Å². The van der Waals surface area contributed by atoms with Crippen LogP contribution in [-0.2, 0) is 0 Å². The van der Waals surface area contributed by atoms with E-state index in [9.17, 15) is 9.90 Å². The van der Waals surface area contributed by atoms with E-state index in [1.165, 1.54) is 18.3 Å². The minimum Gasteiger partial charge on any atom is -0.508 e. The first kappa shape index (κ1) is 14.6. The third-order valence-electron chi connectivity index (χ3n) is 3.33. The van der Waals surface area contributed by atoms with Crippen LogP contribution in [0.15, 0.2) is 65.9 Å². The van der Waals surface area contributed by atoms with Crippen LogP contribution in [0.2, 0.25) is 0 Å². The van der Waals surface area contributed by atoms with Gasteiger partial charge in [-0.15, -0.1) is 0 Å². The Morgan fingerprint density at radius 3 is 2.91 bits per heavy atom. The third-order valence-corrected chi connectivity index (χ3v) is 3.33. The molecule has 0 aliphatic rings. The van der Waals surface area contributed by atoms with Gasteiger partial charge in [0.25, 0.3) is 5.91 Å². The summed E-state index contributed by atoms with van der Waals surface area (Å²) >= 11 is 0. The van der Waals surface area contributed by atoms with E-state index in [1.807, 2.05) is 36.5 Å². The number of fused-ring (bicyclic) bond motifs is 1. The Morgan fingerprint density at radius 2 is 2.04 bits per heavy atom. The van der Waals surface area contributed by atoms with Gasteiger partial charge >= 0.3 is 0 Å². The van der Waals surface area contributed by atoms with Crippen LogP contribution >= 0.6 is 0 Å². The van der Waals surface area contributed by atoms with Crippen LogP contribution in [0.3, 0.4) is 0 Å². The highest BCUT2D eigenvalue weighted by molar-refractivity contribution is 5.95. The van der Waals surface area contributed by atoms with Crippen molar-refractivity contribution in [2.75, 3.05) is 0 Å². The molecule has 0 atom stereocenters. The zero-order valence-corrected chi connectivity index (χ0v) is 12.2. The summed E-state index contributed by atoms with van der Waals surface area (Å²) in [5, 5.41) is 14.3. The fourth-order valence-corrected chi connectivity index (χ4v) is 2.23. The molecule has 0 saturated carbocycles. The van der Waals surface area contributed by atoms with Gasteiger partial charge in [0.05, 0.1) is 0 Å². The summed E-state index contributed by atoms with van der Waals surface area (Å²) in [5.74, 6) is -0.335. The summed E-state index contributed by atoms with van der Waals surface area (Å²) < 4.78 is 0. The number of rotatable bonds is 4. The smallest absolute Gasteiger partial charge is 0.271 e. The van der Waals surface area contributed by atoms with Gasteiger partial charge in [-0.05, 0) is 35.9 Å². The molecule has 0 unspecified atom stereocenters. The maximum Gasteiger partial charge on any atom is 0.271 e. The number of nitrogens with one attached hydrogen (secondary N) is 2. The molecule has 0 saturated heterocycles. The van der Waals surface area contributed by atoms with Gasteiger partial charge in [0.2, 0.25) is 0 Å². The normalized spacial score (nSPS) is 11.5. The molecule has 5 heteroatoms.